The first-order valence-electron chi connectivity index (χ1n) is 7.08. The van der Waals surface area contributed by atoms with Gasteiger partial charge < -0.3 is 10.6 Å². The standard InChI is InChI=1S/C17H17N3O2/c1-10-8-12(6-7-18-10)19-15(21)11-4-5-14-13(9-11)17(2,3)16(22)20-14/h4-9H,1-3H3,(H,20,22)(H,18,19,21). The van der Waals surface area contributed by atoms with E-state index in [1.807, 2.05) is 20.8 Å². The van der Waals surface area contributed by atoms with E-state index in [4.69, 9.17) is 0 Å². The molecule has 2 heterocycles. The highest BCUT2D eigenvalue weighted by molar-refractivity contribution is 6.09. The molecular weight excluding hydrogens is 278 g/mol. The maximum Gasteiger partial charge on any atom is 0.255 e. The molecule has 0 unspecified atom stereocenters. The van der Waals surface area contributed by atoms with Crippen molar-refractivity contribution < 1.29 is 9.59 Å². The van der Waals surface area contributed by atoms with Gasteiger partial charge in [0.25, 0.3) is 5.91 Å². The third-order valence-corrected chi connectivity index (χ3v) is 3.93. The number of hydrogen-bond acceptors (Lipinski definition) is 3. The number of aromatic nitrogens is 1. The van der Waals surface area contributed by atoms with Gasteiger partial charge in [0.1, 0.15) is 0 Å². The van der Waals surface area contributed by atoms with Gasteiger partial charge in [0.05, 0.1) is 5.41 Å². The van der Waals surface area contributed by atoms with Crippen LogP contribution in [0.1, 0.15) is 35.5 Å². The van der Waals surface area contributed by atoms with Crippen molar-refractivity contribution >= 4 is 23.2 Å². The Morgan fingerprint density at radius 1 is 1.23 bits per heavy atom. The van der Waals surface area contributed by atoms with Crippen LogP contribution in [-0.4, -0.2) is 16.8 Å². The third-order valence-electron chi connectivity index (χ3n) is 3.93. The second kappa shape index (κ2) is 4.94. The molecule has 2 aromatic rings. The van der Waals surface area contributed by atoms with Crippen LogP contribution in [0.25, 0.3) is 0 Å². The van der Waals surface area contributed by atoms with E-state index < -0.39 is 5.41 Å². The van der Waals surface area contributed by atoms with Crippen molar-refractivity contribution in [3.63, 3.8) is 0 Å². The summed E-state index contributed by atoms with van der Waals surface area (Å²) in [6.45, 7) is 5.56. The van der Waals surface area contributed by atoms with Gasteiger partial charge in [0.2, 0.25) is 5.91 Å². The summed E-state index contributed by atoms with van der Waals surface area (Å²) < 4.78 is 0. The number of aryl methyl sites for hydroxylation is 1. The van der Waals surface area contributed by atoms with E-state index in [1.54, 1.807) is 36.5 Å². The van der Waals surface area contributed by atoms with Gasteiger partial charge in [-0.15, -0.1) is 0 Å². The Kier molecular flexibility index (Phi) is 3.20. The van der Waals surface area contributed by atoms with Crippen molar-refractivity contribution in [3.05, 3.63) is 53.3 Å². The molecule has 1 aliphatic rings. The molecule has 0 spiro atoms. The van der Waals surface area contributed by atoms with Gasteiger partial charge in [-0.25, -0.2) is 0 Å². The quantitative estimate of drug-likeness (QED) is 0.895. The fourth-order valence-corrected chi connectivity index (χ4v) is 2.54. The number of rotatable bonds is 2. The minimum Gasteiger partial charge on any atom is -0.325 e. The molecule has 3 rings (SSSR count). The zero-order valence-electron chi connectivity index (χ0n) is 12.7. The summed E-state index contributed by atoms with van der Waals surface area (Å²) in [4.78, 5) is 28.4. The van der Waals surface area contributed by atoms with Gasteiger partial charge in [-0.3, -0.25) is 14.6 Å². The first kappa shape index (κ1) is 14.3. The number of amides is 2. The first-order valence-corrected chi connectivity index (χ1v) is 7.08. The lowest BCUT2D eigenvalue weighted by Gasteiger charge is -2.15. The normalized spacial score (nSPS) is 15.1. The molecule has 0 fully saturated rings. The van der Waals surface area contributed by atoms with E-state index in [9.17, 15) is 9.59 Å². The summed E-state index contributed by atoms with van der Waals surface area (Å²) in [5.74, 6) is -0.256. The van der Waals surface area contributed by atoms with Crippen LogP contribution in [0, 0.1) is 6.92 Å². The van der Waals surface area contributed by atoms with Gasteiger partial charge >= 0.3 is 0 Å². The highest BCUT2D eigenvalue weighted by Gasteiger charge is 2.38. The van der Waals surface area contributed by atoms with Crippen molar-refractivity contribution in [2.45, 2.75) is 26.2 Å². The Hall–Kier alpha value is -2.69. The van der Waals surface area contributed by atoms with Gasteiger partial charge in [0, 0.05) is 28.8 Å². The number of hydrogen-bond donors (Lipinski definition) is 2. The lowest BCUT2D eigenvalue weighted by molar-refractivity contribution is -0.119. The number of carbonyl (C=O) groups excluding carboxylic acids is 2. The predicted molar refractivity (Wildman–Crippen MR) is 85.0 cm³/mol. The van der Waals surface area contributed by atoms with Crippen LogP contribution in [0.15, 0.2) is 36.5 Å². The average Bonchev–Trinajstić information content (AvgIpc) is 2.69. The highest BCUT2D eigenvalue weighted by atomic mass is 16.2. The number of pyridine rings is 1. The summed E-state index contributed by atoms with van der Waals surface area (Å²) in [6, 6.07) is 8.81. The minimum atomic E-state index is -0.626. The van der Waals surface area contributed by atoms with Crippen LogP contribution in [0.2, 0.25) is 0 Å². The SMILES string of the molecule is Cc1cc(NC(=O)c2ccc3c(c2)C(C)(C)C(=O)N3)ccn1. The molecule has 0 radical (unpaired) electrons. The van der Waals surface area contributed by atoms with Gasteiger partial charge in [-0.1, -0.05) is 0 Å². The van der Waals surface area contributed by atoms with E-state index in [0.29, 0.717) is 11.3 Å². The van der Waals surface area contributed by atoms with Gasteiger partial charge in [0.15, 0.2) is 0 Å². The molecule has 2 N–H and O–H groups in total. The predicted octanol–water partition coefficient (Wildman–Crippen LogP) is 2.87. The topological polar surface area (TPSA) is 71.1 Å². The van der Waals surface area contributed by atoms with Gasteiger partial charge in [-0.05, 0) is 56.7 Å². The summed E-state index contributed by atoms with van der Waals surface area (Å²) >= 11 is 0. The largest absolute Gasteiger partial charge is 0.325 e. The Labute approximate surface area is 128 Å². The summed E-state index contributed by atoms with van der Waals surface area (Å²) in [6.07, 6.45) is 1.65. The Morgan fingerprint density at radius 2 is 2.00 bits per heavy atom. The van der Waals surface area contributed by atoms with Crippen LogP contribution in [-0.2, 0) is 10.2 Å². The van der Waals surface area contributed by atoms with Gasteiger partial charge in [-0.2, -0.15) is 0 Å². The monoisotopic (exact) mass is 295 g/mol. The molecule has 0 bridgehead atoms. The molecule has 1 aromatic heterocycles. The maximum atomic E-state index is 12.4. The molecule has 2 amide bonds. The molecule has 0 atom stereocenters. The zero-order chi connectivity index (χ0) is 15.9. The fourth-order valence-electron chi connectivity index (χ4n) is 2.54. The Balaban J connectivity index is 1.89. The molecule has 0 aliphatic carbocycles. The molecule has 1 aliphatic heterocycles. The number of fused-ring (bicyclic) bond motifs is 1. The lowest BCUT2D eigenvalue weighted by atomic mass is 9.85. The van der Waals surface area contributed by atoms with Crippen molar-refractivity contribution in [1.29, 1.82) is 0 Å². The minimum absolute atomic E-state index is 0.0511. The number of benzene rings is 1. The molecule has 0 saturated carbocycles. The van der Waals surface area contributed by atoms with E-state index in [-0.39, 0.29) is 11.8 Å². The maximum absolute atomic E-state index is 12.4. The molecular formula is C17H17N3O2. The molecule has 5 nitrogen and oxygen atoms in total. The lowest BCUT2D eigenvalue weighted by Crippen LogP contribution is -2.27. The van der Waals surface area contributed by atoms with Crippen LogP contribution < -0.4 is 10.6 Å². The molecule has 1 aromatic carbocycles. The highest BCUT2D eigenvalue weighted by Crippen LogP contribution is 2.37. The summed E-state index contributed by atoms with van der Waals surface area (Å²) in [5, 5.41) is 5.68. The van der Waals surface area contributed by atoms with E-state index in [1.165, 1.54) is 0 Å². The number of carbonyl (C=O) groups is 2. The number of nitrogens with zero attached hydrogens (tertiary/aromatic N) is 1. The molecule has 112 valence electrons. The average molecular weight is 295 g/mol. The fraction of sp³-hybridized carbons (Fsp3) is 0.235. The zero-order valence-corrected chi connectivity index (χ0v) is 12.7. The van der Waals surface area contributed by atoms with E-state index in [2.05, 4.69) is 15.6 Å². The van der Waals surface area contributed by atoms with E-state index in [0.717, 1.165) is 16.9 Å². The number of anilines is 2. The number of nitrogens with one attached hydrogen (secondary N) is 2. The van der Waals surface area contributed by atoms with Crippen LogP contribution in [0.5, 0.6) is 0 Å². The van der Waals surface area contributed by atoms with Crippen LogP contribution in [0.4, 0.5) is 11.4 Å². The second-order valence-corrected chi connectivity index (χ2v) is 5.98. The van der Waals surface area contributed by atoms with Crippen LogP contribution >= 0.6 is 0 Å². The summed E-state index contributed by atoms with van der Waals surface area (Å²) in [5.41, 5.74) is 3.05. The summed E-state index contributed by atoms with van der Waals surface area (Å²) in [7, 11) is 0. The first-order chi connectivity index (χ1) is 10.4. The van der Waals surface area contributed by atoms with Crippen LogP contribution in [0.3, 0.4) is 0 Å². The third kappa shape index (κ3) is 2.35. The van der Waals surface area contributed by atoms with Crippen molar-refractivity contribution in [3.8, 4) is 0 Å². The smallest absolute Gasteiger partial charge is 0.255 e. The Bertz CT molecular complexity index is 781. The molecule has 5 heteroatoms. The second-order valence-electron chi connectivity index (χ2n) is 5.98. The van der Waals surface area contributed by atoms with Crippen molar-refractivity contribution in [2.75, 3.05) is 10.6 Å². The Morgan fingerprint density at radius 3 is 2.73 bits per heavy atom. The van der Waals surface area contributed by atoms with Crippen molar-refractivity contribution in [2.24, 2.45) is 0 Å². The van der Waals surface area contributed by atoms with E-state index >= 15 is 0 Å². The molecule has 0 saturated heterocycles. The molecule has 22 heavy (non-hydrogen) atoms. The van der Waals surface area contributed by atoms with Crippen molar-refractivity contribution in [1.82, 2.24) is 4.98 Å².